The van der Waals surface area contributed by atoms with Crippen LogP contribution in [0.3, 0.4) is 0 Å². The van der Waals surface area contributed by atoms with Gasteiger partial charge >= 0.3 is 0 Å². The van der Waals surface area contributed by atoms with Crippen molar-refractivity contribution in [3.63, 3.8) is 0 Å². The summed E-state index contributed by atoms with van der Waals surface area (Å²) in [6.45, 7) is 5.29. The second-order valence-corrected chi connectivity index (χ2v) is 5.87. The van der Waals surface area contributed by atoms with Crippen molar-refractivity contribution in [2.24, 2.45) is 0 Å². The molecule has 2 heteroatoms. The van der Waals surface area contributed by atoms with Crippen LogP contribution in [0.4, 0.5) is 0 Å². The molecule has 1 atom stereocenters. The molecule has 0 aliphatic rings. The third kappa shape index (κ3) is 4.99. The summed E-state index contributed by atoms with van der Waals surface area (Å²) in [5, 5.41) is 4.38. The Balaban J connectivity index is 1.73. The maximum atomic E-state index is 5.89. The standard InChI is InChI=1S/C18H22ClN/c1-14-3-6-17(7-4-14)13-20-15(2)5-8-16-9-11-18(19)12-10-16/h3-4,6-7,9-12,15,20H,5,8,13H2,1-2H3/t15-/m1/s1. The van der Waals surface area contributed by atoms with Gasteiger partial charge in [-0.15, -0.1) is 0 Å². The zero-order chi connectivity index (χ0) is 14.4. The molecule has 0 saturated heterocycles. The Morgan fingerprint density at radius 1 is 0.950 bits per heavy atom. The molecule has 1 nitrogen and oxygen atoms in total. The van der Waals surface area contributed by atoms with E-state index in [1.807, 2.05) is 12.1 Å². The van der Waals surface area contributed by atoms with Gasteiger partial charge in [0, 0.05) is 17.6 Å². The molecular formula is C18H22ClN. The predicted molar refractivity (Wildman–Crippen MR) is 87.3 cm³/mol. The Morgan fingerprint density at radius 2 is 1.55 bits per heavy atom. The lowest BCUT2D eigenvalue weighted by molar-refractivity contribution is 0.514. The molecule has 20 heavy (non-hydrogen) atoms. The number of nitrogens with one attached hydrogen (secondary N) is 1. The molecule has 0 fully saturated rings. The lowest BCUT2D eigenvalue weighted by atomic mass is 10.1. The molecule has 106 valence electrons. The van der Waals surface area contributed by atoms with Crippen LogP contribution in [0.25, 0.3) is 0 Å². The minimum atomic E-state index is 0.506. The number of aryl methyl sites for hydroxylation is 2. The second kappa shape index (κ2) is 7.47. The van der Waals surface area contributed by atoms with Crippen LogP contribution >= 0.6 is 11.6 Å². The van der Waals surface area contributed by atoms with Gasteiger partial charge in [-0.25, -0.2) is 0 Å². The topological polar surface area (TPSA) is 12.0 Å². The van der Waals surface area contributed by atoms with E-state index in [-0.39, 0.29) is 0 Å². The van der Waals surface area contributed by atoms with E-state index in [2.05, 4.69) is 55.6 Å². The average molecular weight is 288 g/mol. The van der Waals surface area contributed by atoms with Crippen LogP contribution in [0.5, 0.6) is 0 Å². The third-order valence-electron chi connectivity index (χ3n) is 3.55. The fourth-order valence-corrected chi connectivity index (χ4v) is 2.26. The molecule has 0 aromatic heterocycles. The number of hydrogen-bond donors (Lipinski definition) is 1. The van der Waals surface area contributed by atoms with E-state index in [1.165, 1.54) is 16.7 Å². The number of halogens is 1. The third-order valence-corrected chi connectivity index (χ3v) is 3.81. The van der Waals surface area contributed by atoms with Gasteiger partial charge in [-0.05, 0) is 49.9 Å². The van der Waals surface area contributed by atoms with E-state index in [9.17, 15) is 0 Å². The normalized spacial score (nSPS) is 12.3. The fourth-order valence-electron chi connectivity index (χ4n) is 2.13. The van der Waals surface area contributed by atoms with Crippen LogP contribution in [0, 0.1) is 6.92 Å². The lowest BCUT2D eigenvalue weighted by Crippen LogP contribution is -2.25. The summed E-state index contributed by atoms with van der Waals surface area (Å²) in [5.74, 6) is 0. The van der Waals surface area contributed by atoms with E-state index in [0.29, 0.717) is 6.04 Å². The van der Waals surface area contributed by atoms with Gasteiger partial charge in [-0.3, -0.25) is 0 Å². The quantitative estimate of drug-likeness (QED) is 0.808. The van der Waals surface area contributed by atoms with Gasteiger partial charge in [0.2, 0.25) is 0 Å². The van der Waals surface area contributed by atoms with Crippen molar-refractivity contribution < 1.29 is 0 Å². The molecule has 0 heterocycles. The van der Waals surface area contributed by atoms with Crippen molar-refractivity contribution in [2.45, 2.75) is 39.3 Å². The highest BCUT2D eigenvalue weighted by molar-refractivity contribution is 6.30. The van der Waals surface area contributed by atoms with Crippen LogP contribution in [0.2, 0.25) is 5.02 Å². The van der Waals surface area contributed by atoms with Crippen molar-refractivity contribution in [3.8, 4) is 0 Å². The molecule has 0 aliphatic carbocycles. The van der Waals surface area contributed by atoms with Gasteiger partial charge in [0.25, 0.3) is 0 Å². The molecule has 0 amide bonds. The highest BCUT2D eigenvalue weighted by Crippen LogP contribution is 2.12. The van der Waals surface area contributed by atoms with Gasteiger partial charge in [0.15, 0.2) is 0 Å². The van der Waals surface area contributed by atoms with Gasteiger partial charge in [0.1, 0.15) is 0 Å². The largest absolute Gasteiger partial charge is 0.310 e. The molecule has 0 saturated carbocycles. The minimum Gasteiger partial charge on any atom is -0.310 e. The first-order valence-corrected chi connectivity index (χ1v) is 7.54. The molecular weight excluding hydrogens is 266 g/mol. The van der Waals surface area contributed by atoms with Gasteiger partial charge in [0.05, 0.1) is 0 Å². The first-order valence-electron chi connectivity index (χ1n) is 7.17. The number of hydrogen-bond acceptors (Lipinski definition) is 1. The summed E-state index contributed by atoms with van der Waals surface area (Å²) in [6, 6.07) is 17.3. The molecule has 0 unspecified atom stereocenters. The van der Waals surface area contributed by atoms with Crippen LogP contribution in [-0.4, -0.2) is 6.04 Å². The molecule has 2 aromatic carbocycles. The van der Waals surface area contributed by atoms with E-state index >= 15 is 0 Å². The Labute approximate surface area is 127 Å². The Bertz CT molecular complexity index is 467. The summed E-state index contributed by atoms with van der Waals surface area (Å²) in [6.07, 6.45) is 2.22. The van der Waals surface area contributed by atoms with Gasteiger partial charge < -0.3 is 5.32 Å². The van der Waals surface area contributed by atoms with Crippen LogP contribution in [0.15, 0.2) is 48.5 Å². The smallest absolute Gasteiger partial charge is 0.0406 e. The zero-order valence-corrected chi connectivity index (χ0v) is 13.0. The molecule has 0 bridgehead atoms. The maximum absolute atomic E-state index is 5.89. The highest BCUT2D eigenvalue weighted by Gasteiger charge is 2.02. The summed E-state index contributed by atoms with van der Waals surface area (Å²) in [4.78, 5) is 0. The van der Waals surface area contributed by atoms with E-state index in [4.69, 9.17) is 11.6 Å². The molecule has 0 spiro atoms. The van der Waals surface area contributed by atoms with Gasteiger partial charge in [-0.1, -0.05) is 53.6 Å². The van der Waals surface area contributed by atoms with E-state index < -0.39 is 0 Å². The van der Waals surface area contributed by atoms with Crippen LogP contribution in [0.1, 0.15) is 30.0 Å². The van der Waals surface area contributed by atoms with Crippen molar-refractivity contribution in [1.82, 2.24) is 5.32 Å². The SMILES string of the molecule is Cc1ccc(CN[C@H](C)CCc2ccc(Cl)cc2)cc1. The Morgan fingerprint density at radius 3 is 2.20 bits per heavy atom. The molecule has 2 rings (SSSR count). The summed E-state index contributed by atoms with van der Waals surface area (Å²) >= 11 is 5.89. The molecule has 1 N–H and O–H groups in total. The van der Waals surface area contributed by atoms with Crippen molar-refractivity contribution >= 4 is 11.6 Å². The van der Waals surface area contributed by atoms with Crippen molar-refractivity contribution in [3.05, 3.63) is 70.2 Å². The molecule has 0 radical (unpaired) electrons. The Kier molecular flexibility index (Phi) is 5.63. The lowest BCUT2D eigenvalue weighted by Gasteiger charge is -2.14. The molecule has 2 aromatic rings. The van der Waals surface area contributed by atoms with E-state index in [0.717, 1.165) is 24.4 Å². The fraction of sp³-hybridized carbons (Fsp3) is 0.333. The average Bonchev–Trinajstić information content (AvgIpc) is 2.46. The van der Waals surface area contributed by atoms with Crippen molar-refractivity contribution in [1.29, 1.82) is 0 Å². The maximum Gasteiger partial charge on any atom is 0.0406 e. The van der Waals surface area contributed by atoms with Crippen LogP contribution in [-0.2, 0) is 13.0 Å². The van der Waals surface area contributed by atoms with Crippen LogP contribution < -0.4 is 5.32 Å². The first kappa shape index (κ1) is 15.1. The predicted octanol–water partition coefficient (Wildman–Crippen LogP) is 4.76. The number of benzene rings is 2. The monoisotopic (exact) mass is 287 g/mol. The van der Waals surface area contributed by atoms with Crippen molar-refractivity contribution in [2.75, 3.05) is 0 Å². The van der Waals surface area contributed by atoms with E-state index in [1.54, 1.807) is 0 Å². The number of rotatable bonds is 6. The highest BCUT2D eigenvalue weighted by atomic mass is 35.5. The summed E-state index contributed by atoms with van der Waals surface area (Å²) in [5.41, 5.74) is 4.00. The first-order chi connectivity index (χ1) is 9.63. The summed E-state index contributed by atoms with van der Waals surface area (Å²) in [7, 11) is 0. The minimum absolute atomic E-state index is 0.506. The Hall–Kier alpha value is -1.31. The second-order valence-electron chi connectivity index (χ2n) is 5.43. The summed E-state index contributed by atoms with van der Waals surface area (Å²) < 4.78 is 0. The zero-order valence-electron chi connectivity index (χ0n) is 12.2. The molecule has 0 aliphatic heterocycles. The van der Waals surface area contributed by atoms with Gasteiger partial charge in [-0.2, -0.15) is 0 Å².